The molecule has 1 atom stereocenters. The molecule has 0 amide bonds. The highest BCUT2D eigenvalue weighted by Crippen LogP contribution is 2.31. The number of ether oxygens (including phenoxy) is 2. The average Bonchev–Trinajstić information content (AvgIpc) is 2.43. The van der Waals surface area contributed by atoms with E-state index in [4.69, 9.17) is 15.3 Å². The zero-order valence-corrected chi connectivity index (χ0v) is 10.4. The van der Waals surface area contributed by atoms with Gasteiger partial charge in [0.2, 0.25) is 0 Å². The van der Waals surface area contributed by atoms with Crippen molar-refractivity contribution in [3.8, 4) is 5.75 Å². The van der Waals surface area contributed by atoms with Crippen LogP contribution in [0.25, 0.3) is 0 Å². The van der Waals surface area contributed by atoms with Gasteiger partial charge in [0.25, 0.3) is 0 Å². The highest BCUT2D eigenvalue weighted by molar-refractivity contribution is 5.59. The zero-order valence-electron chi connectivity index (χ0n) is 10.4. The normalized spacial score (nSPS) is 24.5. The van der Waals surface area contributed by atoms with E-state index in [0.717, 1.165) is 44.3 Å². The first-order valence-electron chi connectivity index (χ1n) is 6.40. The number of hydrogen-bond donors (Lipinski definition) is 1. The van der Waals surface area contributed by atoms with Crippen molar-refractivity contribution in [2.45, 2.75) is 6.04 Å². The van der Waals surface area contributed by atoms with E-state index in [9.17, 15) is 0 Å². The van der Waals surface area contributed by atoms with E-state index in [0.29, 0.717) is 6.61 Å². The third kappa shape index (κ3) is 2.29. The fourth-order valence-corrected chi connectivity index (χ4v) is 2.48. The zero-order chi connectivity index (χ0) is 12.4. The number of nitrogens with zero attached hydrogens (tertiary/aromatic N) is 2. The topological polar surface area (TPSA) is 51.0 Å². The molecular weight excluding hydrogens is 230 g/mol. The summed E-state index contributed by atoms with van der Waals surface area (Å²) in [5, 5.41) is 1.84. The van der Waals surface area contributed by atoms with Crippen molar-refractivity contribution in [2.75, 3.05) is 44.5 Å². The van der Waals surface area contributed by atoms with Crippen LogP contribution in [-0.4, -0.2) is 50.4 Å². The molecule has 98 valence electrons. The Hall–Kier alpha value is -1.30. The van der Waals surface area contributed by atoms with Gasteiger partial charge >= 0.3 is 0 Å². The Morgan fingerprint density at radius 3 is 2.83 bits per heavy atom. The fourth-order valence-electron chi connectivity index (χ4n) is 2.48. The Labute approximate surface area is 107 Å². The number of para-hydroxylation sites is 2. The third-order valence-electron chi connectivity index (χ3n) is 3.54. The minimum Gasteiger partial charge on any atom is -0.489 e. The molecule has 2 heterocycles. The molecule has 1 fully saturated rings. The van der Waals surface area contributed by atoms with Gasteiger partial charge in [0.05, 0.1) is 24.9 Å². The number of nitrogens with two attached hydrogens (primary N) is 1. The summed E-state index contributed by atoms with van der Waals surface area (Å²) in [5.74, 6) is 7.08. The lowest BCUT2D eigenvalue weighted by atomic mass is 10.2. The van der Waals surface area contributed by atoms with Gasteiger partial charge in [-0.1, -0.05) is 12.1 Å². The Morgan fingerprint density at radius 1 is 1.22 bits per heavy atom. The second-order valence-corrected chi connectivity index (χ2v) is 4.75. The van der Waals surface area contributed by atoms with Gasteiger partial charge in [-0.25, -0.2) is 5.84 Å². The minimum atomic E-state index is 0.206. The summed E-state index contributed by atoms with van der Waals surface area (Å²) in [6.07, 6.45) is 0. The summed E-state index contributed by atoms with van der Waals surface area (Å²) in [4.78, 5) is 2.38. The SMILES string of the molecule is NN1c2ccccc2OC[C@@H]1CN1CCOCC1. The van der Waals surface area contributed by atoms with Crippen molar-refractivity contribution in [1.29, 1.82) is 0 Å². The van der Waals surface area contributed by atoms with Crippen molar-refractivity contribution in [3.05, 3.63) is 24.3 Å². The molecule has 1 aromatic rings. The number of hydrazine groups is 1. The Morgan fingerprint density at radius 2 is 2.00 bits per heavy atom. The van der Waals surface area contributed by atoms with Crippen molar-refractivity contribution < 1.29 is 9.47 Å². The lowest BCUT2D eigenvalue weighted by Gasteiger charge is -2.38. The fraction of sp³-hybridized carbons (Fsp3) is 0.538. The summed E-state index contributed by atoms with van der Waals surface area (Å²) in [6.45, 7) is 5.15. The van der Waals surface area contributed by atoms with Gasteiger partial charge in [-0.2, -0.15) is 0 Å². The van der Waals surface area contributed by atoms with Gasteiger partial charge in [0.1, 0.15) is 12.4 Å². The van der Waals surface area contributed by atoms with Gasteiger partial charge in [-0.3, -0.25) is 9.91 Å². The molecule has 0 unspecified atom stereocenters. The van der Waals surface area contributed by atoms with Crippen LogP contribution in [0.1, 0.15) is 0 Å². The predicted molar refractivity (Wildman–Crippen MR) is 69.7 cm³/mol. The van der Waals surface area contributed by atoms with Crippen LogP contribution in [0.4, 0.5) is 5.69 Å². The standard InChI is InChI=1S/C13H19N3O2/c14-16-11(9-15-5-7-17-8-6-15)10-18-13-4-2-1-3-12(13)16/h1-4,11H,5-10,14H2/t11-/m0/s1. The molecule has 2 aliphatic heterocycles. The van der Waals surface area contributed by atoms with Crippen LogP contribution in [-0.2, 0) is 4.74 Å². The molecule has 0 bridgehead atoms. The van der Waals surface area contributed by atoms with E-state index in [-0.39, 0.29) is 6.04 Å². The number of morpholine rings is 1. The minimum absolute atomic E-state index is 0.206. The first kappa shape index (κ1) is 11.8. The average molecular weight is 249 g/mol. The summed E-state index contributed by atoms with van der Waals surface area (Å²) < 4.78 is 11.1. The van der Waals surface area contributed by atoms with Crippen molar-refractivity contribution in [2.24, 2.45) is 5.84 Å². The van der Waals surface area contributed by atoms with Crippen LogP contribution in [0.5, 0.6) is 5.75 Å². The Bertz CT molecular complexity index is 407. The number of rotatable bonds is 2. The van der Waals surface area contributed by atoms with Crippen LogP contribution in [0.15, 0.2) is 24.3 Å². The van der Waals surface area contributed by atoms with Crippen LogP contribution in [0, 0.1) is 0 Å². The highest BCUT2D eigenvalue weighted by Gasteiger charge is 2.27. The van der Waals surface area contributed by atoms with Gasteiger partial charge < -0.3 is 9.47 Å². The van der Waals surface area contributed by atoms with Crippen molar-refractivity contribution in [3.63, 3.8) is 0 Å². The lowest BCUT2D eigenvalue weighted by molar-refractivity contribution is 0.0317. The summed E-state index contributed by atoms with van der Waals surface area (Å²) in [7, 11) is 0. The predicted octanol–water partition coefficient (Wildman–Crippen LogP) is 0.460. The van der Waals surface area contributed by atoms with Gasteiger partial charge in [-0.05, 0) is 12.1 Å². The molecule has 0 radical (unpaired) electrons. The van der Waals surface area contributed by atoms with E-state index in [1.165, 1.54) is 0 Å². The van der Waals surface area contributed by atoms with Crippen LogP contribution in [0.3, 0.4) is 0 Å². The third-order valence-corrected chi connectivity index (χ3v) is 3.54. The van der Waals surface area contributed by atoms with E-state index >= 15 is 0 Å². The quantitative estimate of drug-likeness (QED) is 0.772. The van der Waals surface area contributed by atoms with Gasteiger partial charge in [0.15, 0.2) is 0 Å². The van der Waals surface area contributed by atoms with Crippen molar-refractivity contribution in [1.82, 2.24) is 4.90 Å². The molecule has 5 heteroatoms. The second-order valence-electron chi connectivity index (χ2n) is 4.75. The Balaban J connectivity index is 1.68. The molecule has 1 aromatic carbocycles. The van der Waals surface area contributed by atoms with E-state index in [1.54, 1.807) is 0 Å². The first-order valence-corrected chi connectivity index (χ1v) is 6.40. The molecule has 18 heavy (non-hydrogen) atoms. The number of benzene rings is 1. The van der Waals surface area contributed by atoms with Crippen LogP contribution in [0.2, 0.25) is 0 Å². The molecular formula is C13H19N3O2. The molecule has 0 saturated carbocycles. The summed E-state index contributed by atoms with van der Waals surface area (Å²) in [5.41, 5.74) is 0.974. The van der Waals surface area contributed by atoms with E-state index < -0.39 is 0 Å². The number of hydrogen-bond acceptors (Lipinski definition) is 5. The summed E-state index contributed by atoms with van der Waals surface area (Å²) >= 11 is 0. The molecule has 1 saturated heterocycles. The maximum Gasteiger partial charge on any atom is 0.144 e. The largest absolute Gasteiger partial charge is 0.489 e. The van der Waals surface area contributed by atoms with E-state index in [2.05, 4.69) is 4.90 Å². The smallest absolute Gasteiger partial charge is 0.144 e. The van der Waals surface area contributed by atoms with Gasteiger partial charge in [-0.15, -0.1) is 0 Å². The molecule has 5 nitrogen and oxygen atoms in total. The Kier molecular flexibility index (Phi) is 3.36. The molecule has 0 aliphatic carbocycles. The molecule has 2 N–H and O–H groups in total. The van der Waals surface area contributed by atoms with E-state index in [1.807, 2.05) is 29.3 Å². The monoisotopic (exact) mass is 249 g/mol. The number of anilines is 1. The summed E-state index contributed by atoms with van der Waals surface area (Å²) in [6, 6.07) is 8.12. The first-order chi connectivity index (χ1) is 8.84. The van der Waals surface area contributed by atoms with Crippen LogP contribution >= 0.6 is 0 Å². The molecule has 3 rings (SSSR count). The number of fused-ring (bicyclic) bond motifs is 1. The van der Waals surface area contributed by atoms with Gasteiger partial charge in [0, 0.05) is 19.6 Å². The maximum atomic E-state index is 6.20. The molecule has 0 spiro atoms. The van der Waals surface area contributed by atoms with Crippen molar-refractivity contribution >= 4 is 5.69 Å². The second kappa shape index (κ2) is 5.14. The van der Waals surface area contributed by atoms with Crippen LogP contribution < -0.4 is 15.6 Å². The maximum absolute atomic E-state index is 6.20. The molecule has 2 aliphatic rings. The molecule has 0 aromatic heterocycles. The lowest BCUT2D eigenvalue weighted by Crippen LogP contribution is -2.54. The highest BCUT2D eigenvalue weighted by atomic mass is 16.5.